The molecule has 0 saturated heterocycles. The molecule has 3 amide bonds. The number of hydrogen-bond donors (Lipinski definition) is 3. The Morgan fingerprint density at radius 3 is 2.68 bits per heavy atom. The molecule has 7 nitrogen and oxygen atoms in total. The third-order valence-corrected chi connectivity index (χ3v) is 4.07. The molecule has 0 aliphatic heterocycles. The average Bonchev–Trinajstić information content (AvgIpc) is 3.26. The monoisotopic (exact) mass is 376 g/mol. The third-order valence-electron chi connectivity index (χ3n) is 3.06. The number of aromatic nitrogens is 1. The molecule has 0 aliphatic rings. The lowest BCUT2D eigenvalue weighted by Crippen LogP contribution is -2.23. The smallest absolute Gasteiger partial charge is 0.325 e. The van der Waals surface area contributed by atoms with Gasteiger partial charge in [-0.25, -0.2) is 9.78 Å². The zero-order chi connectivity index (χ0) is 17.6. The van der Waals surface area contributed by atoms with Gasteiger partial charge in [-0.1, -0.05) is 11.6 Å². The molecule has 0 spiro atoms. The highest BCUT2D eigenvalue weighted by molar-refractivity contribution is 7.14. The number of anilines is 2. The van der Waals surface area contributed by atoms with Crippen LogP contribution in [0, 0.1) is 0 Å². The van der Waals surface area contributed by atoms with E-state index in [4.69, 9.17) is 16.0 Å². The Morgan fingerprint density at radius 1 is 1.16 bits per heavy atom. The summed E-state index contributed by atoms with van der Waals surface area (Å²) in [7, 11) is 0. The standard InChI is InChI=1S/C16H13ClN4O3S/c17-10-3-5-11(6-4-10)19-15(23)21-16-20-13(9-25-16)14(22)18-8-12-2-1-7-24-12/h1-7,9H,8H2,(H,18,22)(H2,19,20,21,23). The number of amides is 3. The van der Waals surface area contributed by atoms with Crippen molar-refractivity contribution in [2.45, 2.75) is 6.54 Å². The highest BCUT2D eigenvalue weighted by Crippen LogP contribution is 2.17. The molecule has 3 rings (SSSR count). The lowest BCUT2D eigenvalue weighted by Gasteiger charge is -2.05. The summed E-state index contributed by atoms with van der Waals surface area (Å²) in [4.78, 5) is 28.0. The van der Waals surface area contributed by atoms with Gasteiger partial charge in [0.1, 0.15) is 11.5 Å². The molecule has 0 radical (unpaired) electrons. The molecule has 0 aliphatic carbocycles. The Kier molecular flexibility index (Phi) is 5.32. The van der Waals surface area contributed by atoms with Gasteiger partial charge in [0.05, 0.1) is 12.8 Å². The van der Waals surface area contributed by atoms with Crippen molar-refractivity contribution in [1.82, 2.24) is 10.3 Å². The van der Waals surface area contributed by atoms with Gasteiger partial charge in [0.2, 0.25) is 0 Å². The normalized spacial score (nSPS) is 10.3. The Morgan fingerprint density at radius 2 is 1.96 bits per heavy atom. The number of hydrogen-bond acceptors (Lipinski definition) is 5. The van der Waals surface area contributed by atoms with Crippen LogP contribution in [-0.4, -0.2) is 16.9 Å². The summed E-state index contributed by atoms with van der Waals surface area (Å²) in [5.41, 5.74) is 0.813. The first kappa shape index (κ1) is 17.0. The number of benzene rings is 1. The van der Waals surface area contributed by atoms with Crippen LogP contribution < -0.4 is 16.0 Å². The number of nitrogens with one attached hydrogen (secondary N) is 3. The summed E-state index contributed by atoms with van der Waals surface area (Å²) in [6, 6.07) is 9.74. The van der Waals surface area contributed by atoms with E-state index in [1.807, 2.05) is 0 Å². The van der Waals surface area contributed by atoms with Crippen LogP contribution in [0.4, 0.5) is 15.6 Å². The van der Waals surface area contributed by atoms with Crippen LogP contribution in [-0.2, 0) is 6.54 Å². The van der Waals surface area contributed by atoms with Crippen molar-refractivity contribution >= 4 is 45.7 Å². The zero-order valence-electron chi connectivity index (χ0n) is 12.8. The van der Waals surface area contributed by atoms with E-state index in [1.165, 1.54) is 6.26 Å². The largest absolute Gasteiger partial charge is 0.467 e. The molecule has 128 valence electrons. The van der Waals surface area contributed by atoms with Crippen LogP contribution in [0.15, 0.2) is 52.5 Å². The first-order chi connectivity index (χ1) is 12.1. The maximum Gasteiger partial charge on any atom is 0.325 e. The van der Waals surface area contributed by atoms with Crippen molar-refractivity contribution in [2.75, 3.05) is 10.6 Å². The Labute approximate surface area is 152 Å². The van der Waals surface area contributed by atoms with Gasteiger partial charge >= 0.3 is 6.03 Å². The van der Waals surface area contributed by atoms with E-state index < -0.39 is 6.03 Å². The number of urea groups is 1. The summed E-state index contributed by atoms with van der Waals surface area (Å²) < 4.78 is 5.14. The fraction of sp³-hybridized carbons (Fsp3) is 0.0625. The Hall–Kier alpha value is -2.84. The SMILES string of the molecule is O=C(Nc1ccc(Cl)cc1)Nc1nc(C(=O)NCc2ccco2)cs1. The number of thiazole rings is 1. The molecule has 2 aromatic heterocycles. The zero-order valence-corrected chi connectivity index (χ0v) is 14.4. The van der Waals surface area contributed by atoms with Gasteiger partial charge in [0.25, 0.3) is 5.91 Å². The van der Waals surface area contributed by atoms with Crippen molar-refractivity contribution in [3.8, 4) is 0 Å². The van der Waals surface area contributed by atoms with Gasteiger partial charge in [-0.05, 0) is 36.4 Å². The maximum atomic E-state index is 12.0. The minimum atomic E-state index is -0.459. The number of nitrogens with zero attached hydrogens (tertiary/aromatic N) is 1. The predicted octanol–water partition coefficient (Wildman–Crippen LogP) is 3.96. The Balaban J connectivity index is 1.52. The van der Waals surface area contributed by atoms with Crippen molar-refractivity contribution in [2.24, 2.45) is 0 Å². The topological polar surface area (TPSA) is 96.3 Å². The minimum absolute atomic E-state index is 0.221. The predicted molar refractivity (Wildman–Crippen MR) is 96.1 cm³/mol. The molecule has 0 unspecified atom stereocenters. The summed E-state index contributed by atoms with van der Waals surface area (Å²) in [6.07, 6.45) is 1.53. The van der Waals surface area contributed by atoms with E-state index in [9.17, 15) is 9.59 Å². The highest BCUT2D eigenvalue weighted by Gasteiger charge is 2.12. The van der Waals surface area contributed by atoms with Crippen LogP contribution >= 0.6 is 22.9 Å². The van der Waals surface area contributed by atoms with Gasteiger partial charge in [0, 0.05) is 16.1 Å². The molecule has 1 aromatic carbocycles. The van der Waals surface area contributed by atoms with Crippen molar-refractivity contribution < 1.29 is 14.0 Å². The summed E-state index contributed by atoms with van der Waals surface area (Å²) in [6.45, 7) is 0.267. The molecular weight excluding hydrogens is 364 g/mol. The molecule has 0 fully saturated rings. The lowest BCUT2D eigenvalue weighted by atomic mass is 10.3. The van der Waals surface area contributed by atoms with Crippen LogP contribution in [0.2, 0.25) is 5.02 Å². The van der Waals surface area contributed by atoms with Gasteiger partial charge in [0.15, 0.2) is 5.13 Å². The van der Waals surface area contributed by atoms with Crippen LogP contribution in [0.1, 0.15) is 16.2 Å². The number of rotatable bonds is 5. The van der Waals surface area contributed by atoms with Gasteiger partial charge in [-0.15, -0.1) is 11.3 Å². The van der Waals surface area contributed by atoms with E-state index in [1.54, 1.807) is 41.8 Å². The van der Waals surface area contributed by atoms with Crippen molar-refractivity contribution in [3.63, 3.8) is 0 Å². The highest BCUT2D eigenvalue weighted by atomic mass is 35.5. The number of furan rings is 1. The molecule has 9 heteroatoms. The van der Waals surface area contributed by atoms with Crippen LogP contribution in [0.25, 0.3) is 0 Å². The molecule has 3 aromatic rings. The maximum absolute atomic E-state index is 12.0. The molecule has 0 bridgehead atoms. The molecule has 2 heterocycles. The van der Waals surface area contributed by atoms with E-state index >= 15 is 0 Å². The first-order valence-corrected chi connectivity index (χ1v) is 8.45. The third kappa shape index (κ3) is 4.82. The number of carbonyl (C=O) groups excluding carboxylic acids is 2. The van der Waals surface area contributed by atoms with Crippen LogP contribution in [0.3, 0.4) is 0 Å². The van der Waals surface area contributed by atoms with E-state index in [2.05, 4.69) is 20.9 Å². The quantitative estimate of drug-likeness (QED) is 0.627. The van der Waals surface area contributed by atoms with Crippen molar-refractivity contribution in [1.29, 1.82) is 0 Å². The van der Waals surface area contributed by atoms with E-state index in [0.717, 1.165) is 11.3 Å². The van der Waals surface area contributed by atoms with Crippen molar-refractivity contribution in [3.05, 3.63) is 64.5 Å². The second-order valence-electron chi connectivity index (χ2n) is 4.89. The number of carbonyl (C=O) groups is 2. The molecule has 0 saturated carbocycles. The average molecular weight is 377 g/mol. The van der Waals surface area contributed by atoms with E-state index in [0.29, 0.717) is 21.6 Å². The first-order valence-electron chi connectivity index (χ1n) is 7.20. The molecule has 3 N–H and O–H groups in total. The molecular formula is C16H13ClN4O3S. The molecule has 25 heavy (non-hydrogen) atoms. The second kappa shape index (κ2) is 7.82. The summed E-state index contributed by atoms with van der Waals surface area (Å²) >= 11 is 6.94. The minimum Gasteiger partial charge on any atom is -0.467 e. The van der Waals surface area contributed by atoms with Gasteiger partial charge in [-0.3, -0.25) is 10.1 Å². The second-order valence-corrected chi connectivity index (χ2v) is 6.18. The van der Waals surface area contributed by atoms with Crippen LogP contribution in [0.5, 0.6) is 0 Å². The van der Waals surface area contributed by atoms with Gasteiger partial charge in [-0.2, -0.15) is 0 Å². The fourth-order valence-electron chi connectivity index (χ4n) is 1.90. The summed E-state index contributed by atoms with van der Waals surface area (Å²) in [5.74, 6) is 0.295. The van der Waals surface area contributed by atoms with E-state index in [-0.39, 0.29) is 18.1 Å². The lowest BCUT2D eigenvalue weighted by molar-refractivity contribution is 0.0944. The fourth-order valence-corrected chi connectivity index (χ4v) is 2.71. The summed E-state index contributed by atoms with van der Waals surface area (Å²) in [5, 5.41) is 10.4. The number of halogens is 1. The van der Waals surface area contributed by atoms with Gasteiger partial charge < -0.3 is 15.1 Å². The Bertz CT molecular complexity index is 862. The molecule has 0 atom stereocenters.